The van der Waals surface area contributed by atoms with Crippen molar-refractivity contribution >= 4 is 11.6 Å². The fraction of sp³-hybridized carbons (Fsp3) is 0.250. The number of rotatable bonds is 1. The quantitative estimate of drug-likeness (QED) is 0.773. The number of aliphatic hydroxyl groups excluding tert-OH is 1. The molecule has 0 radical (unpaired) electrons. The Labute approximate surface area is 82.5 Å². The fourth-order valence-electron chi connectivity index (χ4n) is 0.943. The van der Waals surface area contributed by atoms with Gasteiger partial charge in [-0.2, -0.15) is 13.2 Å². The molecule has 0 saturated carbocycles. The van der Waals surface area contributed by atoms with Crippen molar-refractivity contribution in [3.63, 3.8) is 0 Å². The van der Waals surface area contributed by atoms with Gasteiger partial charge in [-0.1, -0.05) is 11.6 Å². The molecular formula is C8H6ClF3O2. The maximum absolute atomic E-state index is 12.0. The van der Waals surface area contributed by atoms with Crippen LogP contribution in [0.4, 0.5) is 13.2 Å². The van der Waals surface area contributed by atoms with Gasteiger partial charge in [0.15, 0.2) is 6.10 Å². The van der Waals surface area contributed by atoms with E-state index in [2.05, 4.69) is 0 Å². The topological polar surface area (TPSA) is 40.5 Å². The summed E-state index contributed by atoms with van der Waals surface area (Å²) in [6, 6.07) is 2.83. The molecule has 0 amide bonds. The minimum atomic E-state index is -4.77. The third-order valence-corrected chi connectivity index (χ3v) is 1.75. The maximum Gasteiger partial charge on any atom is 0.418 e. The molecular weight excluding hydrogens is 221 g/mol. The molecule has 14 heavy (non-hydrogen) atoms. The molecule has 2 N–H and O–H groups in total. The number of phenolic OH excluding ortho intramolecular Hbond substituents is 1. The number of halogens is 4. The molecule has 6 heteroatoms. The van der Waals surface area contributed by atoms with E-state index in [1.807, 2.05) is 0 Å². The second kappa shape index (κ2) is 3.67. The van der Waals surface area contributed by atoms with Gasteiger partial charge in [-0.25, -0.2) is 0 Å². The lowest BCUT2D eigenvalue weighted by Gasteiger charge is -2.15. The zero-order valence-electron chi connectivity index (χ0n) is 6.72. The molecule has 0 bridgehead atoms. The summed E-state index contributed by atoms with van der Waals surface area (Å²) in [7, 11) is 0. The van der Waals surface area contributed by atoms with Crippen molar-refractivity contribution in [2.45, 2.75) is 12.3 Å². The molecule has 1 atom stereocenters. The van der Waals surface area contributed by atoms with Crippen LogP contribution in [0.25, 0.3) is 0 Å². The van der Waals surface area contributed by atoms with E-state index in [1.54, 1.807) is 0 Å². The Morgan fingerprint density at radius 2 is 1.79 bits per heavy atom. The predicted octanol–water partition coefficient (Wildman–Crippen LogP) is 2.64. The second-order valence-electron chi connectivity index (χ2n) is 2.69. The van der Waals surface area contributed by atoms with Crippen LogP contribution in [0, 0.1) is 0 Å². The molecule has 1 aromatic carbocycles. The smallest absolute Gasteiger partial charge is 0.418 e. The minimum Gasteiger partial charge on any atom is -0.508 e. The van der Waals surface area contributed by atoms with Crippen LogP contribution in [-0.2, 0) is 0 Å². The summed E-state index contributed by atoms with van der Waals surface area (Å²) >= 11 is 5.41. The summed E-state index contributed by atoms with van der Waals surface area (Å²) in [5, 5.41) is 17.7. The standard InChI is InChI=1S/C8H6ClF3O2/c9-5-1-4(2-6(13)3-5)7(14)8(10,11)12/h1-3,7,13-14H. The van der Waals surface area contributed by atoms with Gasteiger partial charge in [-0.05, 0) is 23.8 Å². The minimum absolute atomic E-state index is 0.0664. The van der Waals surface area contributed by atoms with E-state index in [4.69, 9.17) is 21.8 Å². The largest absolute Gasteiger partial charge is 0.508 e. The summed E-state index contributed by atoms with van der Waals surface area (Å²) in [5.74, 6) is -0.421. The van der Waals surface area contributed by atoms with Crippen molar-refractivity contribution < 1.29 is 23.4 Å². The normalized spacial score (nSPS) is 14.1. The summed E-state index contributed by atoms with van der Waals surface area (Å²) < 4.78 is 36.1. The first kappa shape index (κ1) is 11.1. The van der Waals surface area contributed by atoms with Gasteiger partial charge in [-0.15, -0.1) is 0 Å². The van der Waals surface area contributed by atoms with E-state index in [0.717, 1.165) is 18.2 Å². The Hall–Kier alpha value is -0.940. The highest BCUT2D eigenvalue weighted by Crippen LogP contribution is 2.34. The SMILES string of the molecule is Oc1cc(Cl)cc(C(O)C(F)(F)F)c1. The van der Waals surface area contributed by atoms with Crippen LogP contribution in [0.15, 0.2) is 18.2 Å². The molecule has 0 aliphatic carbocycles. The van der Waals surface area contributed by atoms with Crippen LogP contribution >= 0.6 is 11.6 Å². The number of aliphatic hydroxyl groups is 1. The number of aromatic hydroxyl groups is 1. The van der Waals surface area contributed by atoms with Gasteiger partial charge in [0.05, 0.1) is 0 Å². The van der Waals surface area contributed by atoms with E-state index in [-0.39, 0.29) is 5.02 Å². The molecule has 1 rings (SSSR count). The van der Waals surface area contributed by atoms with Gasteiger partial charge >= 0.3 is 6.18 Å². The van der Waals surface area contributed by atoms with E-state index in [9.17, 15) is 13.2 Å². The highest BCUT2D eigenvalue weighted by molar-refractivity contribution is 6.30. The highest BCUT2D eigenvalue weighted by Gasteiger charge is 2.39. The molecule has 0 aliphatic heterocycles. The van der Waals surface area contributed by atoms with Crippen molar-refractivity contribution in [1.29, 1.82) is 0 Å². The Bertz CT molecular complexity index is 318. The molecule has 0 aromatic heterocycles. The highest BCUT2D eigenvalue weighted by atomic mass is 35.5. The zero-order valence-corrected chi connectivity index (χ0v) is 7.47. The van der Waals surface area contributed by atoms with Crippen LogP contribution in [0.3, 0.4) is 0 Å². The molecule has 0 heterocycles. The van der Waals surface area contributed by atoms with E-state index in [1.165, 1.54) is 0 Å². The monoisotopic (exact) mass is 226 g/mol. The molecule has 1 unspecified atom stereocenters. The first-order chi connectivity index (χ1) is 6.30. The summed E-state index contributed by atoms with van der Waals surface area (Å²) in [6.07, 6.45) is -7.40. The molecule has 0 spiro atoms. The number of hydrogen-bond donors (Lipinski definition) is 2. The third-order valence-electron chi connectivity index (χ3n) is 1.53. The van der Waals surface area contributed by atoms with E-state index >= 15 is 0 Å². The van der Waals surface area contributed by atoms with Crippen molar-refractivity contribution in [3.05, 3.63) is 28.8 Å². The van der Waals surface area contributed by atoms with Crippen LogP contribution in [0.2, 0.25) is 5.02 Å². The number of hydrogen-bond acceptors (Lipinski definition) is 2. The van der Waals surface area contributed by atoms with Gasteiger partial charge in [-0.3, -0.25) is 0 Å². The fourth-order valence-corrected chi connectivity index (χ4v) is 1.18. The lowest BCUT2D eigenvalue weighted by Crippen LogP contribution is -2.20. The average molecular weight is 227 g/mol. The third kappa shape index (κ3) is 2.52. The number of phenols is 1. The number of alkyl halides is 3. The van der Waals surface area contributed by atoms with Crippen molar-refractivity contribution in [2.75, 3.05) is 0 Å². The van der Waals surface area contributed by atoms with Crippen molar-refractivity contribution in [2.24, 2.45) is 0 Å². The van der Waals surface area contributed by atoms with E-state index in [0.29, 0.717) is 0 Å². The lowest BCUT2D eigenvalue weighted by atomic mass is 10.1. The van der Waals surface area contributed by atoms with Crippen LogP contribution in [-0.4, -0.2) is 16.4 Å². The van der Waals surface area contributed by atoms with Crippen molar-refractivity contribution in [3.8, 4) is 5.75 Å². The van der Waals surface area contributed by atoms with Gasteiger partial charge < -0.3 is 10.2 Å². The summed E-state index contributed by atoms with van der Waals surface area (Å²) in [6.45, 7) is 0. The first-order valence-corrected chi connectivity index (χ1v) is 3.93. The van der Waals surface area contributed by atoms with Gasteiger partial charge in [0, 0.05) is 5.02 Å². The van der Waals surface area contributed by atoms with Crippen LogP contribution in [0.1, 0.15) is 11.7 Å². The Kier molecular flexibility index (Phi) is 2.92. The maximum atomic E-state index is 12.0. The molecule has 0 fully saturated rings. The number of benzene rings is 1. The molecule has 0 saturated heterocycles. The summed E-state index contributed by atoms with van der Waals surface area (Å²) in [4.78, 5) is 0. The molecule has 2 nitrogen and oxygen atoms in total. The Morgan fingerprint density at radius 3 is 2.21 bits per heavy atom. The van der Waals surface area contributed by atoms with Crippen LogP contribution in [0.5, 0.6) is 5.75 Å². The van der Waals surface area contributed by atoms with Crippen molar-refractivity contribution in [1.82, 2.24) is 0 Å². The zero-order chi connectivity index (χ0) is 10.9. The van der Waals surface area contributed by atoms with Crippen LogP contribution < -0.4 is 0 Å². The molecule has 1 aromatic rings. The average Bonchev–Trinajstić information content (AvgIpc) is 1.99. The Morgan fingerprint density at radius 1 is 1.21 bits per heavy atom. The van der Waals surface area contributed by atoms with Gasteiger partial charge in [0.2, 0.25) is 0 Å². The van der Waals surface area contributed by atoms with E-state index < -0.39 is 23.6 Å². The lowest BCUT2D eigenvalue weighted by molar-refractivity contribution is -0.206. The summed E-state index contributed by atoms with van der Waals surface area (Å²) in [5.41, 5.74) is -0.484. The second-order valence-corrected chi connectivity index (χ2v) is 3.12. The molecule has 0 aliphatic rings. The van der Waals surface area contributed by atoms with Gasteiger partial charge in [0.1, 0.15) is 5.75 Å². The predicted molar refractivity (Wildman–Crippen MR) is 44.1 cm³/mol. The first-order valence-electron chi connectivity index (χ1n) is 3.55. The molecule has 78 valence electrons. The van der Waals surface area contributed by atoms with Gasteiger partial charge in [0.25, 0.3) is 0 Å². The Balaban J connectivity index is 3.07.